The van der Waals surface area contributed by atoms with Crippen molar-refractivity contribution in [2.24, 2.45) is 0 Å². The molecule has 3 N–H and O–H groups in total. The van der Waals surface area contributed by atoms with Crippen LogP contribution in [0.2, 0.25) is 0 Å². The number of H-pyrrole nitrogens is 1. The average molecular weight is 394 g/mol. The second-order valence-corrected chi connectivity index (χ2v) is 6.32. The number of nitrogens with zero attached hydrogens (tertiary/aromatic N) is 3. The van der Waals surface area contributed by atoms with E-state index in [0.717, 1.165) is 5.69 Å². The number of halogens is 1. The van der Waals surface area contributed by atoms with Crippen LogP contribution in [0.15, 0.2) is 42.5 Å². The van der Waals surface area contributed by atoms with Gasteiger partial charge in [-0.15, -0.1) is 0 Å². The first-order chi connectivity index (χ1) is 14.1. The van der Waals surface area contributed by atoms with Crippen molar-refractivity contribution < 1.29 is 13.9 Å². The number of rotatable bonds is 6. The number of anilines is 4. The van der Waals surface area contributed by atoms with Crippen molar-refractivity contribution in [3.05, 3.63) is 54.0 Å². The van der Waals surface area contributed by atoms with Crippen molar-refractivity contribution in [3.63, 3.8) is 0 Å². The maximum Gasteiger partial charge on any atom is 0.229 e. The number of hydrogen-bond acceptors (Lipinski definition) is 7. The van der Waals surface area contributed by atoms with E-state index in [1.165, 1.54) is 12.1 Å². The first-order valence-corrected chi connectivity index (χ1v) is 8.81. The Labute approximate surface area is 166 Å². The highest BCUT2D eigenvalue weighted by atomic mass is 19.1. The molecule has 4 aromatic rings. The summed E-state index contributed by atoms with van der Waals surface area (Å²) in [4.78, 5) is 9.10. The Hall–Kier alpha value is -3.88. The van der Waals surface area contributed by atoms with Crippen LogP contribution in [-0.4, -0.2) is 34.4 Å². The van der Waals surface area contributed by atoms with Crippen molar-refractivity contribution in [1.82, 2.24) is 20.2 Å². The third-order valence-corrected chi connectivity index (χ3v) is 4.23. The highest BCUT2D eigenvalue weighted by molar-refractivity contribution is 5.94. The van der Waals surface area contributed by atoms with Gasteiger partial charge in [0, 0.05) is 28.9 Å². The molecule has 0 fully saturated rings. The maximum atomic E-state index is 13.5. The van der Waals surface area contributed by atoms with Crippen molar-refractivity contribution >= 4 is 34.2 Å². The quantitative estimate of drug-likeness (QED) is 0.448. The van der Waals surface area contributed by atoms with Crippen LogP contribution in [0.1, 0.15) is 5.69 Å². The molecule has 0 saturated carbocycles. The van der Waals surface area contributed by atoms with Gasteiger partial charge in [-0.25, -0.2) is 9.37 Å². The van der Waals surface area contributed by atoms with Gasteiger partial charge in [0.25, 0.3) is 0 Å². The Morgan fingerprint density at radius 1 is 0.966 bits per heavy atom. The lowest BCUT2D eigenvalue weighted by atomic mass is 10.2. The van der Waals surface area contributed by atoms with Crippen LogP contribution < -0.4 is 20.1 Å². The molecule has 0 amide bonds. The van der Waals surface area contributed by atoms with Crippen LogP contribution in [0.4, 0.5) is 27.7 Å². The zero-order valence-electron chi connectivity index (χ0n) is 16.1. The molecule has 2 aromatic heterocycles. The molecule has 0 radical (unpaired) electrons. The number of aryl methyl sites for hydroxylation is 1. The molecular formula is C20H19FN6O2. The molecule has 0 spiro atoms. The molecule has 0 bridgehead atoms. The van der Waals surface area contributed by atoms with Crippen LogP contribution >= 0.6 is 0 Å². The predicted octanol–water partition coefficient (Wildman–Crippen LogP) is 4.30. The number of fused-ring (bicyclic) bond motifs is 1. The van der Waals surface area contributed by atoms with Gasteiger partial charge in [0.1, 0.15) is 11.6 Å². The number of methoxy groups -OCH3 is 2. The number of aromatic amines is 1. The van der Waals surface area contributed by atoms with E-state index in [0.29, 0.717) is 45.7 Å². The molecule has 0 saturated heterocycles. The molecular weight excluding hydrogens is 375 g/mol. The lowest BCUT2D eigenvalue weighted by molar-refractivity contribution is 0.356. The summed E-state index contributed by atoms with van der Waals surface area (Å²) in [6.07, 6.45) is 0. The second-order valence-electron chi connectivity index (χ2n) is 6.32. The summed E-state index contributed by atoms with van der Waals surface area (Å²) in [5, 5.41) is 14.0. The predicted molar refractivity (Wildman–Crippen MR) is 109 cm³/mol. The topological polar surface area (TPSA) is 97.0 Å². The van der Waals surface area contributed by atoms with Crippen molar-refractivity contribution in [3.8, 4) is 11.5 Å². The number of ether oxygens (including phenoxy) is 2. The van der Waals surface area contributed by atoms with E-state index < -0.39 is 0 Å². The lowest BCUT2D eigenvalue weighted by Crippen LogP contribution is -2.03. The van der Waals surface area contributed by atoms with E-state index in [1.54, 1.807) is 38.5 Å². The zero-order chi connectivity index (χ0) is 20.4. The molecule has 2 aromatic carbocycles. The van der Waals surface area contributed by atoms with Crippen molar-refractivity contribution in [2.45, 2.75) is 6.92 Å². The number of benzene rings is 2. The van der Waals surface area contributed by atoms with E-state index in [2.05, 4.69) is 30.8 Å². The van der Waals surface area contributed by atoms with Crippen LogP contribution in [0.5, 0.6) is 11.5 Å². The Kier molecular flexibility index (Phi) is 4.86. The average Bonchev–Trinajstić information content (AvgIpc) is 3.11. The molecule has 4 rings (SSSR count). The molecule has 0 unspecified atom stereocenters. The van der Waals surface area contributed by atoms with Gasteiger partial charge in [0.15, 0.2) is 17.3 Å². The monoisotopic (exact) mass is 394 g/mol. The van der Waals surface area contributed by atoms with E-state index >= 15 is 0 Å². The Bertz CT molecular complexity index is 1180. The Morgan fingerprint density at radius 3 is 2.45 bits per heavy atom. The third kappa shape index (κ3) is 3.88. The Morgan fingerprint density at radius 2 is 1.76 bits per heavy atom. The minimum absolute atomic E-state index is 0.296. The highest BCUT2D eigenvalue weighted by Crippen LogP contribution is 2.35. The fourth-order valence-electron chi connectivity index (χ4n) is 2.91. The summed E-state index contributed by atoms with van der Waals surface area (Å²) in [7, 11) is 3.12. The summed E-state index contributed by atoms with van der Waals surface area (Å²) < 4.78 is 24.3. The minimum atomic E-state index is -0.354. The van der Waals surface area contributed by atoms with Crippen LogP contribution in [0.25, 0.3) is 10.9 Å². The molecule has 8 nitrogen and oxygen atoms in total. The number of hydrogen-bond donors (Lipinski definition) is 3. The van der Waals surface area contributed by atoms with Gasteiger partial charge in [-0.05, 0) is 31.2 Å². The fourth-order valence-corrected chi connectivity index (χ4v) is 2.91. The highest BCUT2D eigenvalue weighted by Gasteiger charge is 2.14. The van der Waals surface area contributed by atoms with Crippen molar-refractivity contribution in [2.75, 3.05) is 24.9 Å². The van der Waals surface area contributed by atoms with Crippen LogP contribution in [0.3, 0.4) is 0 Å². The van der Waals surface area contributed by atoms with Gasteiger partial charge < -0.3 is 20.1 Å². The number of nitrogens with one attached hydrogen (secondary N) is 3. The Balaban J connectivity index is 1.83. The standard InChI is InChI=1S/C20H19FN6O2/c1-11-7-18(27-26-11)24-19-14-9-16(28-2)17(29-3)10-15(14)23-20(25-19)22-13-6-4-5-12(21)8-13/h4-10H,1-3H3,(H3,22,23,24,25,26,27). The van der Waals surface area contributed by atoms with E-state index in [-0.39, 0.29) is 5.82 Å². The third-order valence-electron chi connectivity index (χ3n) is 4.23. The van der Waals surface area contributed by atoms with E-state index in [9.17, 15) is 4.39 Å². The number of aromatic nitrogens is 4. The molecule has 148 valence electrons. The molecule has 0 aliphatic rings. The normalized spacial score (nSPS) is 10.8. The SMILES string of the molecule is COc1cc2nc(Nc3cccc(F)c3)nc(Nc3cc(C)[nH]n3)c2cc1OC. The molecule has 0 aliphatic carbocycles. The molecule has 29 heavy (non-hydrogen) atoms. The van der Waals surface area contributed by atoms with Crippen LogP contribution in [0, 0.1) is 12.7 Å². The van der Waals surface area contributed by atoms with Crippen molar-refractivity contribution in [1.29, 1.82) is 0 Å². The lowest BCUT2D eigenvalue weighted by Gasteiger charge is -2.13. The van der Waals surface area contributed by atoms with Gasteiger partial charge in [0.05, 0.1) is 19.7 Å². The zero-order valence-corrected chi connectivity index (χ0v) is 16.1. The van der Waals surface area contributed by atoms with E-state index in [1.807, 2.05) is 13.0 Å². The summed E-state index contributed by atoms with van der Waals surface area (Å²) in [6, 6.07) is 11.5. The van der Waals surface area contributed by atoms with E-state index in [4.69, 9.17) is 9.47 Å². The summed E-state index contributed by atoms with van der Waals surface area (Å²) in [6.45, 7) is 1.90. The molecule has 0 atom stereocenters. The maximum absolute atomic E-state index is 13.5. The molecule has 0 aliphatic heterocycles. The largest absolute Gasteiger partial charge is 0.493 e. The second kappa shape index (κ2) is 7.63. The fraction of sp³-hybridized carbons (Fsp3) is 0.150. The van der Waals surface area contributed by atoms with Gasteiger partial charge in [-0.3, -0.25) is 5.10 Å². The summed E-state index contributed by atoms with van der Waals surface area (Å²) in [5.74, 6) is 2.15. The first kappa shape index (κ1) is 18.5. The summed E-state index contributed by atoms with van der Waals surface area (Å²) >= 11 is 0. The minimum Gasteiger partial charge on any atom is -0.493 e. The van der Waals surface area contributed by atoms with Gasteiger partial charge in [-0.1, -0.05) is 6.07 Å². The van der Waals surface area contributed by atoms with Gasteiger partial charge in [-0.2, -0.15) is 10.1 Å². The first-order valence-electron chi connectivity index (χ1n) is 8.81. The van der Waals surface area contributed by atoms with Crippen LogP contribution in [-0.2, 0) is 0 Å². The summed E-state index contributed by atoms with van der Waals surface area (Å²) in [5.41, 5.74) is 2.06. The van der Waals surface area contributed by atoms with Gasteiger partial charge in [0.2, 0.25) is 5.95 Å². The smallest absolute Gasteiger partial charge is 0.229 e. The molecule has 9 heteroatoms. The molecule has 2 heterocycles. The van der Waals surface area contributed by atoms with Gasteiger partial charge >= 0.3 is 0 Å².